The normalized spacial score (nSPS) is 17.1. The summed E-state index contributed by atoms with van der Waals surface area (Å²) < 4.78 is 0. The fourth-order valence-electron chi connectivity index (χ4n) is 2.37. The van der Waals surface area contributed by atoms with Crippen LogP contribution in [-0.4, -0.2) is 13.1 Å². The first-order chi connectivity index (χ1) is 7.85. The van der Waals surface area contributed by atoms with Crippen molar-refractivity contribution in [2.24, 2.45) is 5.92 Å². The van der Waals surface area contributed by atoms with Gasteiger partial charge >= 0.3 is 0 Å². The molecule has 0 radical (unpaired) electrons. The maximum Gasteiger partial charge on any atom is 0.0657 e. The van der Waals surface area contributed by atoms with Gasteiger partial charge in [0.15, 0.2) is 0 Å². The SMILES string of the molecule is CCc1ccccc1N1CCC(C#N)CC1. The van der Waals surface area contributed by atoms with Crippen molar-refractivity contribution in [3.8, 4) is 6.07 Å². The molecule has 0 unspecified atom stereocenters. The molecule has 0 N–H and O–H groups in total. The molecule has 0 atom stereocenters. The van der Waals surface area contributed by atoms with Crippen molar-refractivity contribution in [1.29, 1.82) is 5.26 Å². The van der Waals surface area contributed by atoms with Crippen LogP contribution in [-0.2, 0) is 6.42 Å². The number of piperidine rings is 1. The van der Waals surface area contributed by atoms with Gasteiger partial charge < -0.3 is 4.90 Å². The molecule has 1 aliphatic heterocycles. The van der Waals surface area contributed by atoms with Gasteiger partial charge in [-0.1, -0.05) is 25.1 Å². The maximum absolute atomic E-state index is 8.88. The zero-order valence-corrected chi connectivity index (χ0v) is 9.82. The molecule has 1 fully saturated rings. The van der Waals surface area contributed by atoms with Crippen LogP contribution >= 0.6 is 0 Å². The summed E-state index contributed by atoms with van der Waals surface area (Å²) in [6, 6.07) is 11.0. The van der Waals surface area contributed by atoms with E-state index in [-0.39, 0.29) is 5.92 Å². The number of benzene rings is 1. The number of hydrogen-bond acceptors (Lipinski definition) is 2. The Kier molecular flexibility index (Phi) is 3.46. The summed E-state index contributed by atoms with van der Waals surface area (Å²) in [4.78, 5) is 2.42. The molecule has 0 aliphatic carbocycles. The highest BCUT2D eigenvalue weighted by atomic mass is 15.1. The third-order valence-electron chi connectivity index (χ3n) is 3.39. The Bertz CT molecular complexity index is 384. The lowest BCUT2D eigenvalue weighted by atomic mass is 9.97. The number of para-hydroxylation sites is 1. The molecule has 2 heteroatoms. The lowest BCUT2D eigenvalue weighted by Crippen LogP contribution is -2.33. The third-order valence-corrected chi connectivity index (χ3v) is 3.39. The Morgan fingerprint density at radius 3 is 2.62 bits per heavy atom. The first-order valence-electron chi connectivity index (χ1n) is 6.07. The van der Waals surface area contributed by atoms with E-state index in [2.05, 4.69) is 42.2 Å². The van der Waals surface area contributed by atoms with Crippen LogP contribution in [0.5, 0.6) is 0 Å². The van der Waals surface area contributed by atoms with Crippen LogP contribution in [0, 0.1) is 17.2 Å². The molecule has 0 saturated carbocycles. The van der Waals surface area contributed by atoms with Crippen LogP contribution in [0.2, 0.25) is 0 Å². The highest BCUT2D eigenvalue weighted by Crippen LogP contribution is 2.26. The molecule has 1 heterocycles. The van der Waals surface area contributed by atoms with Gasteiger partial charge in [-0.3, -0.25) is 0 Å². The number of aryl methyl sites for hydroxylation is 1. The summed E-state index contributed by atoms with van der Waals surface area (Å²) in [5, 5.41) is 8.88. The van der Waals surface area contributed by atoms with Crippen molar-refractivity contribution in [1.82, 2.24) is 0 Å². The molecule has 1 aromatic carbocycles. The summed E-state index contributed by atoms with van der Waals surface area (Å²) in [5.74, 6) is 0.269. The monoisotopic (exact) mass is 214 g/mol. The van der Waals surface area contributed by atoms with E-state index in [1.54, 1.807) is 0 Å². The van der Waals surface area contributed by atoms with Crippen molar-refractivity contribution in [2.75, 3.05) is 18.0 Å². The van der Waals surface area contributed by atoms with Crippen LogP contribution in [0.3, 0.4) is 0 Å². The lowest BCUT2D eigenvalue weighted by Gasteiger charge is -2.32. The van der Waals surface area contributed by atoms with E-state index in [0.29, 0.717) is 0 Å². The number of nitrogens with zero attached hydrogens (tertiary/aromatic N) is 2. The summed E-state index contributed by atoms with van der Waals surface area (Å²) >= 11 is 0. The molecule has 2 rings (SSSR count). The highest BCUT2D eigenvalue weighted by Gasteiger charge is 2.19. The van der Waals surface area contributed by atoms with Crippen molar-refractivity contribution < 1.29 is 0 Å². The van der Waals surface area contributed by atoms with Crippen molar-refractivity contribution >= 4 is 5.69 Å². The van der Waals surface area contributed by atoms with Crippen molar-refractivity contribution in [3.05, 3.63) is 29.8 Å². The van der Waals surface area contributed by atoms with Crippen LogP contribution < -0.4 is 4.90 Å². The number of nitriles is 1. The molecular formula is C14H18N2. The van der Waals surface area contributed by atoms with Gasteiger partial charge in [-0.05, 0) is 30.9 Å². The molecule has 2 nitrogen and oxygen atoms in total. The van der Waals surface area contributed by atoms with Crippen molar-refractivity contribution in [3.63, 3.8) is 0 Å². The van der Waals surface area contributed by atoms with E-state index in [9.17, 15) is 0 Å². The van der Waals surface area contributed by atoms with Crippen molar-refractivity contribution in [2.45, 2.75) is 26.2 Å². The van der Waals surface area contributed by atoms with E-state index in [4.69, 9.17) is 5.26 Å². The summed E-state index contributed by atoms with van der Waals surface area (Å²) in [7, 11) is 0. The third kappa shape index (κ3) is 2.19. The minimum absolute atomic E-state index is 0.269. The largest absolute Gasteiger partial charge is 0.371 e. The molecule has 1 saturated heterocycles. The van der Waals surface area contributed by atoms with Gasteiger partial charge in [0.2, 0.25) is 0 Å². The molecule has 0 spiro atoms. The van der Waals surface area contributed by atoms with Crippen LogP contribution in [0.1, 0.15) is 25.3 Å². The number of anilines is 1. The Morgan fingerprint density at radius 1 is 1.31 bits per heavy atom. The van der Waals surface area contributed by atoms with E-state index in [1.807, 2.05) is 0 Å². The zero-order chi connectivity index (χ0) is 11.4. The Hall–Kier alpha value is -1.49. The van der Waals surface area contributed by atoms with Gasteiger partial charge in [-0.25, -0.2) is 0 Å². The molecule has 0 aromatic heterocycles. The van der Waals surface area contributed by atoms with E-state index < -0.39 is 0 Å². The summed E-state index contributed by atoms with van der Waals surface area (Å²) in [6.45, 7) is 4.24. The van der Waals surface area contributed by atoms with Gasteiger partial charge in [0, 0.05) is 24.7 Å². The molecular weight excluding hydrogens is 196 g/mol. The predicted octanol–water partition coefficient (Wildman–Crippen LogP) is 2.99. The lowest BCUT2D eigenvalue weighted by molar-refractivity contribution is 0.487. The predicted molar refractivity (Wildman–Crippen MR) is 66.4 cm³/mol. The summed E-state index contributed by atoms with van der Waals surface area (Å²) in [5.41, 5.74) is 2.78. The Balaban J connectivity index is 2.11. The minimum Gasteiger partial charge on any atom is -0.371 e. The standard InChI is InChI=1S/C14H18N2/c1-2-13-5-3-4-6-14(13)16-9-7-12(11-15)8-10-16/h3-6,12H,2,7-10H2,1H3. The molecule has 0 amide bonds. The van der Waals surface area contributed by atoms with Gasteiger partial charge in [0.1, 0.15) is 0 Å². The number of hydrogen-bond donors (Lipinski definition) is 0. The average molecular weight is 214 g/mol. The molecule has 1 aliphatic rings. The fourth-order valence-corrected chi connectivity index (χ4v) is 2.37. The smallest absolute Gasteiger partial charge is 0.0657 e. The maximum atomic E-state index is 8.88. The second-order valence-electron chi connectivity index (χ2n) is 4.37. The average Bonchev–Trinajstić information content (AvgIpc) is 2.39. The van der Waals surface area contributed by atoms with Gasteiger partial charge in [-0.2, -0.15) is 5.26 Å². The van der Waals surface area contributed by atoms with E-state index >= 15 is 0 Å². The first-order valence-corrected chi connectivity index (χ1v) is 6.07. The van der Waals surface area contributed by atoms with Gasteiger partial charge in [0.05, 0.1) is 6.07 Å². The molecule has 16 heavy (non-hydrogen) atoms. The zero-order valence-electron chi connectivity index (χ0n) is 9.82. The van der Waals surface area contributed by atoms with Gasteiger partial charge in [-0.15, -0.1) is 0 Å². The number of rotatable bonds is 2. The van der Waals surface area contributed by atoms with Crippen LogP contribution in [0.25, 0.3) is 0 Å². The topological polar surface area (TPSA) is 27.0 Å². The minimum atomic E-state index is 0.269. The van der Waals surface area contributed by atoms with Gasteiger partial charge in [0.25, 0.3) is 0 Å². The van der Waals surface area contributed by atoms with E-state index in [0.717, 1.165) is 32.4 Å². The molecule has 84 valence electrons. The Labute approximate surface area is 97.5 Å². The molecule has 0 bridgehead atoms. The Morgan fingerprint density at radius 2 is 2.00 bits per heavy atom. The summed E-state index contributed by atoms with van der Waals surface area (Å²) in [6.07, 6.45) is 3.09. The van der Waals surface area contributed by atoms with Crippen LogP contribution in [0.15, 0.2) is 24.3 Å². The second kappa shape index (κ2) is 5.03. The van der Waals surface area contributed by atoms with Crippen LogP contribution in [0.4, 0.5) is 5.69 Å². The second-order valence-corrected chi connectivity index (χ2v) is 4.37. The fraction of sp³-hybridized carbons (Fsp3) is 0.500. The highest BCUT2D eigenvalue weighted by molar-refractivity contribution is 5.54. The quantitative estimate of drug-likeness (QED) is 0.756. The van der Waals surface area contributed by atoms with E-state index in [1.165, 1.54) is 11.3 Å². The molecule has 1 aromatic rings. The first kappa shape index (κ1) is 11.0.